The van der Waals surface area contributed by atoms with E-state index in [-0.39, 0.29) is 11.3 Å². The molecule has 3 aromatic rings. The van der Waals surface area contributed by atoms with Gasteiger partial charge in [-0.2, -0.15) is 0 Å². The van der Waals surface area contributed by atoms with Gasteiger partial charge in [0.1, 0.15) is 5.75 Å². The Balaban J connectivity index is 1.39. The molecule has 4 nitrogen and oxygen atoms in total. The Morgan fingerprint density at radius 1 is 1.06 bits per heavy atom. The fraction of sp³-hybridized carbons (Fsp3) is 0.370. The molecule has 1 saturated heterocycles. The van der Waals surface area contributed by atoms with Gasteiger partial charge in [0.05, 0.1) is 6.61 Å². The summed E-state index contributed by atoms with van der Waals surface area (Å²) in [6, 6.07) is 19.0. The highest BCUT2D eigenvalue weighted by Gasteiger charge is 2.44. The summed E-state index contributed by atoms with van der Waals surface area (Å²) in [6.07, 6.45) is 8.75. The SMILES string of the molecule is CS(C)(C)c1cccc2ccc(C(=O)N3CCC4(CC3)COc3ccc(CN)cc34)cc12. The van der Waals surface area contributed by atoms with E-state index in [1.54, 1.807) is 0 Å². The van der Waals surface area contributed by atoms with E-state index in [1.165, 1.54) is 21.2 Å². The van der Waals surface area contributed by atoms with E-state index in [0.717, 1.165) is 42.8 Å². The number of nitrogens with zero attached hydrogens (tertiary/aromatic N) is 1. The van der Waals surface area contributed by atoms with Crippen molar-refractivity contribution in [3.63, 3.8) is 0 Å². The molecule has 2 aliphatic heterocycles. The van der Waals surface area contributed by atoms with Crippen LogP contribution >= 0.6 is 10.0 Å². The Labute approximate surface area is 192 Å². The number of hydrogen-bond donors (Lipinski definition) is 1. The number of carbonyl (C=O) groups excluding carboxylic acids is 1. The molecule has 1 fully saturated rings. The smallest absolute Gasteiger partial charge is 0.253 e. The van der Waals surface area contributed by atoms with E-state index < -0.39 is 10.0 Å². The molecule has 1 spiro atoms. The first-order valence-electron chi connectivity index (χ1n) is 11.3. The first kappa shape index (κ1) is 21.4. The Kier molecular flexibility index (Phi) is 5.22. The van der Waals surface area contributed by atoms with Crippen molar-refractivity contribution in [1.82, 2.24) is 4.90 Å². The van der Waals surface area contributed by atoms with Crippen molar-refractivity contribution in [3.8, 4) is 5.75 Å². The van der Waals surface area contributed by atoms with Crippen molar-refractivity contribution >= 4 is 26.7 Å². The average molecular weight is 449 g/mol. The second-order valence-corrected chi connectivity index (χ2v) is 14.0. The van der Waals surface area contributed by atoms with Gasteiger partial charge < -0.3 is 15.4 Å². The molecule has 2 heterocycles. The third-order valence-electron chi connectivity index (χ3n) is 7.11. The van der Waals surface area contributed by atoms with E-state index in [2.05, 4.69) is 55.2 Å². The number of rotatable bonds is 3. The fourth-order valence-corrected chi connectivity index (χ4v) is 6.51. The van der Waals surface area contributed by atoms with Crippen LogP contribution in [0.1, 0.15) is 34.3 Å². The summed E-state index contributed by atoms with van der Waals surface area (Å²) in [5.74, 6) is 1.11. The minimum atomic E-state index is -0.894. The van der Waals surface area contributed by atoms with Crippen LogP contribution in [-0.4, -0.2) is 49.3 Å². The first-order chi connectivity index (χ1) is 15.3. The highest BCUT2D eigenvalue weighted by atomic mass is 32.3. The standard InChI is InChI=1S/C27H32N2O2S/c1-32(2,3)25-6-4-5-20-8-9-21(16-22(20)25)26(30)29-13-11-27(12-14-29)18-31-24-10-7-19(17-28)15-23(24)27/h4-10,15-16H,11-14,17-18,28H2,1-3H3. The molecule has 2 N–H and O–H groups in total. The predicted molar refractivity (Wildman–Crippen MR) is 134 cm³/mol. The molecule has 0 atom stereocenters. The van der Waals surface area contributed by atoms with Gasteiger partial charge in [-0.05, 0) is 77.1 Å². The molecule has 0 bridgehead atoms. The lowest BCUT2D eigenvalue weighted by molar-refractivity contribution is 0.0646. The molecule has 0 aliphatic carbocycles. The molecule has 0 radical (unpaired) electrons. The number of fused-ring (bicyclic) bond motifs is 3. The van der Waals surface area contributed by atoms with E-state index in [9.17, 15) is 4.79 Å². The lowest BCUT2D eigenvalue weighted by Crippen LogP contribution is -2.46. The van der Waals surface area contributed by atoms with Gasteiger partial charge in [0.15, 0.2) is 0 Å². The molecule has 0 aromatic heterocycles. The quantitative estimate of drug-likeness (QED) is 0.619. The molecule has 32 heavy (non-hydrogen) atoms. The topological polar surface area (TPSA) is 55.6 Å². The summed E-state index contributed by atoms with van der Waals surface area (Å²) >= 11 is 0. The van der Waals surface area contributed by atoms with Gasteiger partial charge >= 0.3 is 0 Å². The van der Waals surface area contributed by atoms with Gasteiger partial charge in [-0.15, -0.1) is 0 Å². The van der Waals surface area contributed by atoms with Crippen LogP contribution in [0.5, 0.6) is 5.75 Å². The van der Waals surface area contributed by atoms with E-state index in [0.29, 0.717) is 13.2 Å². The lowest BCUT2D eigenvalue weighted by Gasteiger charge is -2.38. The zero-order chi connectivity index (χ0) is 22.5. The number of hydrogen-bond acceptors (Lipinski definition) is 3. The molecular weight excluding hydrogens is 416 g/mol. The first-order valence-corrected chi connectivity index (χ1v) is 14.1. The maximum atomic E-state index is 13.4. The van der Waals surface area contributed by atoms with Gasteiger partial charge in [-0.3, -0.25) is 4.79 Å². The van der Waals surface area contributed by atoms with E-state index in [4.69, 9.17) is 10.5 Å². The van der Waals surface area contributed by atoms with Gasteiger partial charge in [0, 0.05) is 36.2 Å². The van der Waals surface area contributed by atoms with Crippen LogP contribution in [0.3, 0.4) is 0 Å². The number of carbonyl (C=O) groups is 1. The van der Waals surface area contributed by atoms with Crippen LogP contribution in [0.25, 0.3) is 10.8 Å². The molecule has 0 saturated carbocycles. The third kappa shape index (κ3) is 3.57. The highest BCUT2D eigenvalue weighted by Crippen LogP contribution is 2.49. The van der Waals surface area contributed by atoms with Crippen LogP contribution < -0.4 is 10.5 Å². The van der Waals surface area contributed by atoms with E-state index >= 15 is 0 Å². The summed E-state index contributed by atoms with van der Waals surface area (Å²) in [4.78, 5) is 16.8. The normalized spacial score (nSPS) is 17.9. The van der Waals surface area contributed by atoms with Crippen molar-refractivity contribution in [2.75, 3.05) is 38.5 Å². The van der Waals surface area contributed by atoms with Crippen molar-refractivity contribution in [3.05, 3.63) is 71.3 Å². The maximum Gasteiger partial charge on any atom is 0.253 e. The molecule has 5 heteroatoms. The molecule has 2 aliphatic rings. The van der Waals surface area contributed by atoms with Crippen LogP contribution in [0.15, 0.2) is 59.5 Å². The average Bonchev–Trinajstić information content (AvgIpc) is 3.15. The Bertz CT molecular complexity index is 1190. The van der Waals surface area contributed by atoms with Crippen molar-refractivity contribution in [1.29, 1.82) is 0 Å². The largest absolute Gasteiger partial charge is 0.492 e. The Morgan fingerprint density at radius 3 is 2.56 bits per heavy atom. The molecule has 5 rings (SSSR count). The molecule has 168 valence electrons. The van der Waals surface area contributed by atoms with Crippen LogP contribution in [-0.2, 0) is 12.0 Å². The zero-order valence-corrected chi connectivity index (χ0v) is 20.0. The van der Waals surface area contributed by atoms with Gasteiger partial charge in [0.2, 0.25) is 0 Å². The molecule has 3 aromatic carbocycles. The summed E-state index contributed by atoms with van der Waals surface area (Å²) in [5.41, 5.74) is 9.08. The van der Waals surface area contributed by atoms with Crippen molar-refractivity contribution in [2.45, 2.75) is 29.7 Å². The number of piperidine rings is 1. The van der Waals surface area contributed by atoms with Crippen LogP contribution in [0.4, 0.5) is 0 Å². The lowest BCUT2D eigenvalue weighted by atomic mass is 9.74. The predicted octanol–water partition coefficient (Wildman–Crippen LogP) is 4.92. The summed E-state index contributed by atoms with van der Waals surface area (Å²) in [6.45, 7) is 2.73. The number of likely N-dealkylation sites (tertiary alicyclic amines) is 1. The van der Waals surface area contributed by atoms with E-state index in [1.807, 2.05) is 23.1 Å². The second-order valence-electron chi connectivity index (χ2n) is 9.93. The highest BCUT2D eigenvalue weighted by molar-refractivity contribution is 8.32. The maximum absolute atomic E-state index is 13.4. The number of amides is 1. The second kappa shape index (κ2) is 7.82. The molecular formula is C27H32N2O2S. The van der Waals surface area contributed by atoms with Gasteiger partial charge in [0.25, 0.3) is 5.91 Å². The zero-order valence-electron chi connectivity index (χ0n) is 19.2. The number of ether oxygens (including phenoxy) is 1. The van der Waals surface area contributed by atoms with Crippen molar-refractivity contribution < 1.29 is 9.53 Å². The minimum Gasteiger partial charge on any atom is -0.492 e. The monoisotopic (exact) mass is 448 g/mol. The molecule has 0 unspecified atom stereocenters. The fourth-order valence-electron chi connectivity index (χ4n) is 5.18. The third-order valence-corrected chi connectivity index (χ3v) is 8.79. The van der Waals surface area contributed by atoms with Gasteiger partial charge in [-0.1, -0.05) is 30.3 Å². The number of benzene rings is 3. The minimum absolute atomic E-state index is 0.00342. The van der Waals surface area contributed by atoms with Crippen LogP contribution in [0, 0.1) is 0 Å². The summed E-state index contributed by atoms with van der Waals surface area (Å²) in [7, 11) is -0.894. The van der Waals surface area contributed by atoms with Crippen LogP contribution in [0.2, 0.25) is 0 Å². The Morgan fingerprint density at radius 2 is 1.84 bits per heavy atom. The Hall–Kier alpha value is -2.50. The van der Waals surface area contributed by atoms with Gasteiger partial charge in [-0.25, -0.2) is 10.0 Å². The number of nitrogens with two attached hydrogens (primary N) is 1. The molecule has 1 amide bonds. The summed E-state index contributed by atoms with van der Waals surface area (Å²) < 4.78 is 6.02. The van der Waals surface area contributed by atoms with Crippen molar-refractivity contribution in [2.24, 2.45) is 5.73 Å². The summed E-state index contributed by atoms with van der Waals surface area (Å²) in [5, 5.41) is 2.41.